The molecule has 0 aromatic rings. The molecule has 0 aromatic heterocycles. The van der Waals surface area contributed by atoms with Crippen molar-refractivity contribution in [2.24, 2.45) is 5.41 Å². The van der Waals surface area contributed by atoms with Crippen LogP contribution in [0.15, 0.2) is 0 Å². The van der Waals surface area contributed by atoms with Gasteiger partial charge < -0.3 is 5.11 Å². The van der Waals surface area contributed by atoms with E-state index in [2.05, 4.69) is 0 Å². The van der Waals surface area contributed by atoms with Gasteiger partial charge in [-0.2, -0.15) is 0 Å². The van der Waals surface area contributed by atoms with Crippen LogP contribution in [0.25, 0.3) is 0 Å². The Kier molecular flexibility index (Phi) is 1.69. The van der Waals surface area contributed by atoms with E-state index in [0.29, 0.717) is 5.41 Å². The van der Waals surface area contributed by atoms with Crippen molar-refractivity contribution in [3.05, 3.63) is 0 Å². The molecule has 0 radical (unpaired) electrons. The highest BCUT2D eigenvalue weighted by molar-refractivity contribution is 6.18. The summed E-state index contributed by atoms with van der Waals surface area (Å²) in [6.07, 6.45) is 6.40. The molecule has 3 rings (SSSR count). The average Bonchev–Trinajstić information content (AvgIpc) is 2.07. The van der Waals surface area contributed by atoms with Gasteiger partial charge in [0, 0.05) is 5.88 Å². The minimum atomic E-state index is -0.298. The molecule has 3 fully saturated rings. The van der Waals surface area contributed by atoms with Crippen molar-refractivity contribution in [3.8, 4) is 0 Å². The Hall–Kier alpha value is 0.250. The molecule has 3 aliphatic rings. The number of aliphatic hydroxyl groups is 1. The zero-order valence-electron chi connectivity index (χ0n) is 6.77. The molecule has 1 nitrogen and oxygen atoms in total. The number of halogens is 1. The molecule has 0 spiro atoms. The highest BCUT2D eigenvalue weighted by Gasteiger charge is 2.46. The molecule has 3 saturated carbocycles. The maximum atomic E-state index is 9.88. The van der Waals surface area contributed by atoms with Crippen LogP contribution < -0.4 is 0 Å². The van der Waals surface area contributed by atoms with E-state index in [-0.39, 0.29) is 5.60 Å². The second-order valence-corrected chi connectivity index (χ2v) is 4.63. The summed E-state index contributed by atoms with van der Waals surface area (Å²) >= 11 is 5.93. The van der Waals surface area contributed by atoms with Crippen LogP contribution in [0, 0.1) is 5.41 Å². The normalized spacial score (nSPS) is 49.6. The number of alkyl halides is 1. The van der Waals surface area contributed by atoms with Gasteiger partial charge in [0.05, 0.1) is 5.60 Å². The highest BCUT2D eigenvalue weighted by atomic mass is 35.5. The molecule has 0 saturated heterocycles. The summed E-state index contributed by atoms with van der Waals surface area (Å²) in [5, 5.41) is 9.88. The lowest BCUT2D eigenvalue weighted by molar-refractivity contribution is -0.0841. The van der Waals surface area contributed by atoms with Crippen molar-refractivity contribution in [1.29, 1.82) is 0 Å². The Balaban J connectivity index is 2.12. The van der Waals surface area contributed by atoms with Crippen LogP contribution in [0.3, 0.4) is 0 Å². The fraction of sp³-hybridized carbons (Fsp3) is 1.00. The molecule has 2 heteroatoms. The first-order valence-corrected chi connectivity index (χ1v) is 5.00. The molecule has 0 unspecified atom stereocenters. The number of hydrogen-bond acceptors (Lipinski definition) is 1. The Labute approximate surface area is 72.7 Å². The van der Waals surface area contributed by atoms with Crippen molar-refractivity contribution in [1.82, 2.24) is 0 Å². The van der Waals surface area contributed by atoms with Gasteiger partial charge in [-0.3, -0.25) is 0 Å². The van der Waals surface area contributed by atoms with E-state index in [1.165, 1.54) is 0 Å². The molecule has 11 heavy (non-hydrogen) atoms. The molecule has 0 heterocycles. The van der Waals surface area contributed by atoms with Crippen LogP contribution >= 0.6 is 11.6 Å². The van der Waals surface area contributed by atoms with Gasteiger partial charge in [-0.05, 0) is 43.9 Å². The smallest absolute Gasteiger partial charge is 0.0648 e. The summed E-state index contributed by atoms with van der Waals surface area (Å²) in [5.74, 6) is 0.795. The maximum absolute atomic E-state index is 9.88. The Bertz CT molecular complexity index is 142. The van der Waals surface area contributed by atoms with E-state index >= 15 is 0 Å². The molecule has 3 aliphatic carbocycles. The van der Waals surface area contributed by atoms with E-state index in [0.717, 1.165) is 44.4 Å². The second-order valence-electron chi connectivity index (χ2n) is 4.36. The monoisotopic (exact) mass is 174 g/mol. The predicted octanol–water partition coefficient (Wildman–Crippen LogP) is 2.31. The van der Waals surface area contributed by atoms with Crippen molar-refractivity contribution >= 4 is 11.6 Å². The summed E-state index contributed by atoms with van der Waals surface area (Å²) < 4.78 is 0. The van der Waals surface area contributed by atoms with Gasteiger partial charge in [0.2, 0.25) is 0 Å². The first-order valence-electron chi connectivity index (χ1n) is 4.47. The van der Waals surface area contributed by atoms with Crippen molar-refractivity contribution < 1.29 is 5.11 Å². The number of rotatable bonds is 1. The lowest BCUT2D eigenvalue weighted by Gasteiger charge is -2.50. The van der Waals surface area contributed by atoms with Crippen LogP contribution in [0.1, 0.15) is 38.5 Å². The molecule has 0 aliphatic heterocycles. The Morgan fingerprint density at radius 2 is 1.45 bits per heavy atom. The van der Waals surface area contributed by atoms with Crippen molar-refractivity contribution in [2.45, 2.75) is 44.1 Å². The van der Waals surface area contributed by atoms with E-state index in [9.17, 15) is 5.11 Å². The summed E-state index contributed by atoms with van der Waals surface area (Å²) in [6, 6.07) is 0. The predicted molar refractivity (Wildman–Crippen MR) is 45.8 cm³/mol. The molecule has 0 amide bonds. The van der Waals surface area contributed by atoms with Crippen LogP contribution in [-0.4, -0.2) is 16.6 Å². The lowest BCUT2D eigenvalue weighted by atomic mass is 9.59. The summed E-state index contributed by atoms with van der Waals surface area (Å²) in [7, 11) is 0. The van der Waals surface area contributed by atoms with E-state index in [1.54, 1.807) is 0 Å². The van der Waals surface area contributed by atoms with Crippen LogP contribution in [0.2, 0.25) is 0 Å². The third-order valence-corrected chi connectivity index (χ3v) is 4.21. The van der Waals surface area contributed by atoms with Crippen LogP contribution in [0.4, 0.5) is 0 Å². The zero-order chi connectivity index (χ0) is 7.95. The third kappa shape index (κ3) is 1.19. The third-order valence-electron chi connectivity index (χ3n) is 3.65. The number of hydrogen-bond donors (Lipinski definition) is 1. The van der Waals surface area contributed by atoms with E-state index in [4.69, 9.17) is 11.6 Å². The quantitative estimate of drug-likeness (QED) is 0.605. The summed E-state index contributed by atoms with van der Waals surface area (Å²) in [4.78, 5) is 0. The van der Waals surface area contributed by atoms with Gasteiger partial charge in [0.15, 0.2) is 0 Å². The molecule has 0 aromatic carbocycles. The molecular weight excluding hydrogens is 160 g/mol. The summed E-state index contributed by atoms with van der Waals surface area (Å²) in [6.45, 7) is 0. The molecule has 2 bridgehead atoms. The minimum Gasteiger partial charge on any atom is -0.390 e. The number of fused-ring (bicyclic) bond motifs is 3. The maximum Gasteiger partial charge on any atom is 0.0648 e. The Morgan fingerprint density at radius 1 is 1.00 bits per heavy atom. The second kappa shape index (κ2) is 2.37. The lowest BCUT2D eigenvalue weighted by Crippen LogP contribution is -2.46. The SMILES string of the molecule is OC12CCC(CCl)(CC1)CC2. The van der Waals surface area contributed by atoms with Gasteiger partial charge in [-0.15, -0.1) is 11.6 Å². The van der Waals surface area contributed by atoms with Gasteiger partial charge in [-0.1, -0.05) is 0 Å². The molecule has 1 N–H and O–H groups in total. The summed E-state index contributed by atoms with van der Waals surface area (Å²) in [5.41, 5.74) is 0.111. The molecule has 64 valence electrons. The molecular formula is C9H15ClO. The first kappa shape index (κ1) is 7.88. The topological polar surface area (TPSA) is 20.2 Å². The fourth-order valence-electron chi connectivity index (χ4n) is 2.44. The molecule has 0 atom stereocenters. The van der Waals surface area contributed by atoms with Gasteiger partial charge in [0.25, 0.3) is 0 Å². The van der Waals surface area contributed by atoms with Crippen molar-refractivity contribution in [2.75, 3.05) is 5.88 Å². The van der Waals surface area contributed by atoms with Gasteiger partial charge in [-0.25, -0.2) is 0 Å². The van der Waals surface area contributed by atoms with Crippen LogP contribution in [-0.2, 0) is 0 Å². The van der Waals surface area contributed by atoms with Crippen molar-refractivity contribution in [3.63, 3.8) is 0 Å². The zero-order valence-corrected chi connectivity index (χ0v) is 7.53. The van der Waals surface area contributed by atoms with Gasteiger partial charge in [0.1, 0.15) is 0 Å². The van der Waals surface area contributed by atoms with Gasteiger partial charge >= 0.3 is 0 Å². The van der Waals surface area contributed by atoms with E-state index in [1.807, 2.05) is 0 Å². The van der Waals surface area contributed by atoms with Crippen LogP contribution in [0.5, 0.6) is 0 Å². The minimum absolute atomic E-state index is 0.298. The average molecular weight is 175 g/mol. The highest BCUT2D eigenvalue weighted by Crippen LogP contribution is 2.52. The fourth-order valence-corrected chi connectivity index (χ4v) is 2.84. The largest absolute Gasteiger partial charge is 0.390 e. The Morgan fingerprint density at radius 3 is 1.82 bits per heavy atom. The first-order chi connectivity index (χ1) is 5.18. The standard InChI is InChI=1S/C9H15ClO/c10-7-8-1-4-9(11,5-2-8)6-3-8/h11H,1-7H2. The van der Waals surface area contributed by atoms with E-state index < -0.39 is 0 Å².